The Balaban J connectivity index is 1.92. The van der Waals surface area contributed by atoms with E-state index in [-0.39, 0.29) is 23.5 Å². The lowest BCUT2D eigenvalue weighted by molar-refractivity contribution is -0.141. The van der Waals surface area contributed by atoms with Gasteiger partial charge < -0.3 is 20.3 Å². The van der Waals surface area contributed by atoms with Crippen molar-refractivity contribution in [2.24, 2.45) is 0 Å². The highest BCUT2D eigenvalue weighted by atomic mass is 16.5. The van der Waals surface area contributed by atoms with Crippen molar-refractivity contribution in [2.75, 3.05) is 6.54 Å². The van der Waals surface area contributed by atoms with Crippen LogP contribution in [-0.2, 0) is 11.2 Å². The molecule has 1 aromatic rings. The zero-order valence-corrected chi connectivity index (χ0v) is 11.9. The summed E-state index contributed by atoms with van der Waals surface area (Å²) < 4.78 is 5.75. The highest BCUT2D eigenvalue weighted by Crippen LogP contribution is 2.57. The number of aromatic hydroxyl groups is 1. The maximum Gasteiger partial charge on any atom is 0.174 e. The highest BCUT2D eigenvalue weighted by Gasteiger charge is 2.60. The van der Waals surface area contributed by atoms with E-state index in [4.69, 9.17) is 4.74 Å². The molecule has 1 unspecified atom stereocenters. The number of carbonyl (C=O) groups is 1. The van der Waals surface area contributed by atoms with Crippen molar-refractivity contribution in [1.29, 1.82) is 0 Å². The molecule has 112 valence electrons. The average molecular weight is 289 g/mol. The number of hydrogen-bond acceptors (Lipinski definition) is 5. The van der Waals surface area contributed by atoms with Crippen LogP contribution in [0.15, 0.2) is 12.1 Å². The molecule has 21 heavy (non-hydrogen) atoms. The molecule has 1 heterocycles. The first-order valence-corrected chi connectivity index (χ1v) is 7.56. The maximum atomic E-state index is 12.2. The number of rotatable bonds is 2. The Bertz CT molecular complexity index is 629. The van der Waals surface area contributed by atoms with E-state index in [1.807, 2.05) is 13.0 Å². The van der Waals surface area contributed by atoms with Crippen molar-refractivity contribution in [2.45, 2.75) is 49.9 Å². The molecule has 3 N–H and O–H groups in total. The SMILES string of the molecule is CCN[C@@H]1Cc2ccc(O)c3c2C2[C@@H](O3)C(=O)CC[C@]21O. The van der Waals surface area contributed by atoms with E-state index in [9.17, 15) is 15.0 Å². The van der Waals surface area contributed by atoms with Gasteiger partial charge in [0.05, 0.1) is 11.5 Å². The van der Waals surface area contributed by atoms with Gasteiger partial charge in [-0.2, -0.15) is 0 Å². The third-order valence-electron chi connectivity index (χ3n) is 5.23. The minimum atomic E-state index is -0.985. The fourth-order valence-corrected chi connectivity index (χ4v) is 4.29. The van der Waals surface area contributed by atoms with Crippen molar-refractivity contribution in [3.63, 3.8) is 0 Å². The second kappa shape index (κ2) is 4.21. The van der Waals surface area contributed by atoms with Crippen LogP contribution in [0.3, 0.4) is 0 Å². The Morgan fingerprint density at radius 1 is 1.48 bits per heavy atom. The number of phenolic OH excluding ortho intramolecular Hbond substituents is 1. The third kappa shape index (κ3) is 1.56. The quantitative estimate of drug-likeness (QED) is 0.753. The van der Waals surface area contributed by atoms with Gasteiger partial charge in [-0.15, -0.1) is 0 Å². The van der Waals surface area contributed by atoms with Crippen LogP contribution in [0.4, 0.5) is 0 Å². The Kier molecular flexibility index (Phi) is 2.63. The van der Waals surface area contributed by atoms with Crippen LogP contribution in [0.1, 0.15) is 36.8 Å². The first-order chi connectivity index (χ1) is 10.1. The lowest BCUT2D eigenvalue weighted by Crippen LogP contribution is -2.63. The summed E-state index contributed by atoms with van der Waals surface area (Å²) in [5.74, 6) is 0.100. The van der Waals surface area contributed by atoms with Crippen LogP contribution in [0.5, 0.6) is 11.5 Å². The molecule has 5 heteroatoms. The minimum absolute atomic E-state index is 0.0170. The van der Waals surface area contributed by atoms with Crippen LogP contribution in [0, 0.1) is 0 Å². The van der Waals surface area contributed by atoms with Crippen molar-refractivity contribution in [3.05, 3.63) is 23.3 Å². The van der Waals surface area contributed by atoms with E-state index >= 15 is 0 Å². The van der Waals surface area contributed by atoms with Crippen LogP contribution in [-0.4, -0.2) is 40.3 Å². The molecule has 0 bridgehead atoms. The second-order valence-corrected chi connectivity index (χ2v) is 6.27. The van der Waals surface area contributed by atoms with Crippen molar-refractivity contribution in [3.8, 4) is 11.5 Å². The minimum Gasteiger partial charge on any atom is -0.504 e. The number of hydrogen-bond donors (Lipinski definition) is 3. The molecule has 0 spiro atoms. The second-order valence-electron chi connectivity index (χ2n) is 6.27. The molecule has 0 amide bonds. The molecule has 0 aromatic heterocycles. The van der Waals surface area contributed by atoms with Crippen molar-refractivity contribution >= 4 is 5.78 Å². The summed E-state index contributed by atoms with van der Waals surface area (Å²) in [6.07, 6.45) is 0.798. The number of aliphatic hydroxyl groups is 1. The molecule has 1 saturated carbocycles. The summed E-state index contributed by atoms with van der Waals surface area (Å²) in [5, 5.41) is 24.6. The number of benzene rings is 1. The van der Waals surface area contributed by atoms with Gasteiger partial charge in [-0.25, -0.2) is 0 Å². The molecule has 3 aliphatic rings. The molecule has 4 rings (SSSR count). The summed E-state index contributed by atoms with van der Waals surface area (Å²) >= 11 is 0. The van der Waals surface area contributed by atoms with Crippen molar-refractivity contribution < 1.29 is 19.7 Å². The van der Waals surface area contributed by atoms with Gasteiger partial charge in [-0.1, -0.05) is 13.0 Å². The van der Waals surface area contributed by atoms with Gasteiger partial charge in [0, 0.05) is 18.0 Å². The van der Waals surface area contributed by atoms with Gasteiger partial charge in [-0.3, -0.25) is 4.79 Å². The van der Waals surface area contributed by atoms with E-state index in [1.54, 1.807) is 6.07 Å². The normalized spacial score (nSPS) is 36.3. The lowest BCUT2D eigenvalue weighted by Gasteiger charge is -2.48. The van der Waals surface area contributed by atoms with E-state index in [1.165, 1.54) is 0 Å². The van der Waals surface area contributed by atoms with Gasteiger partial charge in [0.15, 0.2) is 23.4 Å². The fourth-order valence-electron chi connectivity index (χ4n) is 4.29. The third-order valence-corrected chi connectivity index (χ3v) is 5.23. The van der Waals surface area contributed by atoms with Gasteiger partial charge in [-0.05, 0) is 31.0 Å². The van der Waals surface area contributed by atoms with Gasteiger partial charge >= 0.3 is 0 Å². The number of nitrogens with one attached hydrogen (secondary N) is 1. The predicted octanol–water partition coefficient (Wildman–Crippen LogP) is 0.865. The summed E-state index contributed by atoms with van der Waals surface area (Å²) in [6, 6.07) is 3.40. The monoisotopic (exact) mass is 289 g/mol. The zero-order chi connectivity index (χ0) is 14.8. The van der Waals surface area contributed by atoms with Crippen LogP contribution in [0.25, 0.3) is 0 Å². The first-order valence-electron chi connectivity index (χ1n) is 7.56. The Labute approximate surface area is 122 Å². The average Bonchev–Trinajstić information content (AvgIpc) is 2.88. The molecule has 0 saturated heterocycles. The topological polar surface area (TPSA) is 78.8 Å². The van der Waals surface area contributed by atoms with E-state index in [0.29, 0.717) is 25.0 Å². The summed E-state index contributed by atoms with van der Waals surface area (Å²) in [6.45, 7) is 2.77. The van der Waals surface area contributed by atoms with Crippen molar-refractivity contribution in [1.82, 2.24) is 5.32 Å². The summed E-state index contributed by atoms with van der Waals surface area (Å²) in [5.41, 5.74) is 0.908. The Morgan fingerprint density at radius 2 is 2.29 bits per heavy atom. The molecule has 4 atom stereocenters. The largest absolute Gasteiger partial charge is 0.504 e. The maximum absolute atomic E-state index is 12.2. The fraction of sp³-hybridized carbons (Fsp3) is 0.562. The van der Waals surface area contributed by atoms with E-state index < -0.39 is 11.7 Å². The Hall–Kier alpha value is -1.59. The number of likely N-dealkylation sites (N-methyl/N-ethyl adjacent to an activating group) is 1. The molecule has 1 fully saturated rings. The lowest BCUT2D eigenvalue weighted by atomic mass is 9.62. The smallest absolute Gasteiger partial charge is 0.174 e. The molecule has 5 nitrogen and oxygen atoms in total. The van der Waals surface area contributed by atoms with Gasteiger partial charge in [0.25, 0.3) is 0 Å². The molecule has 1 aromatic carbocycles. The number of phenols is 1. The number of ether oxygens (including phenoxy) is 1. The predicted molar refractivity (Wildman–Crippen MR) is 75.6 cm³/mol. The summed E-state index contributed by atoms with van der Waals surface area (Å²) in [4.78, 5) is 12.2. The molecule has 0 radical (unpaired) electrons. The highest BCUT2D eigenvalue weighted by molar-refractivity contribution is 5.88. The Morgan fingerprint density at radius 3 is 3.05 bits per heavy atom. The zero-order valence-electron chi connectivity index (χ0n) is 11.9. The van der Waals surface area contributed by atoms with Crippen LogP contribution in [0.2, 0.25) is 0 Å². The number of Topliss-reactive ketones (excluding diaryl/α,β-unsaturated/α-hetero) is 1. The molecule has 1 aliphatic heterocycles. The van der Waals surface area contributed by atoms with Crippen LogP contribution >= 0.6 is 0 Å². The molecular formula is C16H19NO4. The summed E-state index contributed by atoms with van der Waals surface area (Å²) in [7, 11) is 0. The van der Waals surface area contributed by atoms with Gasteiger partial charge in [0.2, 0.25) is 0 Å². The first kappa shape index (κ1) is 13.1. The number of carbonyl (C=O) groups excluding carboxylic acids is 1. The van der Waals surface area contributed by atoms with Crippen LogP contribution < -0.4 is 10.1 Å². The van der Waals surface area contributed by atoms with E-state index in [2.05, 4.69) is 5.32 Å². The number of ketones is 1. The molecule has 2 aliphatic carbocycles. The standard InChI is InChI=1S/C16H19NO4/c1-2-17-11-7-8-3-4-9(18)14-12(8)13-15(21-14)10(19)5-6-16(11,13)20/h3-4,11,13,15,17-18,20H,2,5-7H2,1H3/t11-,13?,15+,16-/m1/s1. The van der Waals surface area contributed by atoms with E-state index in [0.717, 1.165) is 17.7 Å². The molecular weight excluding hydrogens is 270 g/mol. The van der Waals surface area contributed by atoms with Gasteiger partial charge in [0.1, 0.15) is 0 Å².